The second-order valence-corrected chi connectivity index (χ2v) is 9.32. The number of thioether (sulfide) groups is 1. The lowest BCUT2D eigenvalue weighted by atomic mass is 10.1. The Balaban J connectivity index is 1.73. The van der Waals surface area contributed by atoms with Crippen molar-refractivity contribution in [3.8, 4) is 11.5 Å². The Morgan fingerprint density at radius 1 is 1.17 bits per heavy atom. The van der Waals surface area contributed by atoms with Gasteiger partial charge in [-0.3, -0.25) is 9.69 Å². The number of amides is 1. The fraction of sp³-hybridized carbons (Fsp3) is 0.130. The molecule has 4 nitrogen and oxygen atoms in total. The monoisotopic (exact) mass is 547 g/mol. The average molecular weight is 547 g/mol. The fourth-order valence-corrected chi connectivity index (χ4v) is 5.40. The van der Waals surface area contributed by atoms with Crippen LogP contribution >= 0.6 is 46.6 Å². The molecule has 4 rings (SSSR count). The highest BCUT2D eigenvalue weighted by atomic mass is 127. The number of fused-ring (bicyclic) bond motifs is 1. The van der Waals surface area contributed by atoms with Crippen LogP contribution in [-0.4, -0.2) is 23.9 Å². The van der Waals surface area contributed by atoms with Gasteiger partial charge in [0.1, 0.15) is 0 Å². The molecule has 1 heterocycles. The molecule has 0 saturated carbocycles. The Hall–Kier alpha value is -2.10. The van der Waals surface area contributed by atoms with Gasteiger partial charge < -0.3 is 9.47 Å². The smallest absolute Gasteiger partial charge is 0.270 e. The predicted molar refractivity (Wildman–Crippen MR) is 136 cm³/mol. The van der Waals surface area contributed by atoms with Crippen molar-refractivity contribution in [1.29, 1.82) is 0 Å². The Morgan fingerprint density at radius 3 is 2.70 bits per heavy atom. The molecule has 30 heavy (non-hydrogen) atoms. The van der Waals surface area contributed by atoms with E-state index in [1.165, 1.54) is 11.8 Å². The molecule has 7 heteroatoms. The zero-order valence-corrected chi connectivity index (χ0v) is 20.1. The van der Waals surface area contributed by atoms with E-state index in [-0.39, 0.29) is 5.91 Å². The highest BCUT2D eigenvalue weighted by molar-refractivity contribution is 14.1. The first kappa shape index (κ1) is 21.1. The largest absolute Gasteiger partial charge is 0.493 e. The normalized spacial score (nSPS) is 15.3. The van der Waals surface area contributed by atoms with Crippen molar-refractivity contribution in [3.05, 3.63) is 68.6 Å². The zero-order chi connectivity index (χ0) is 21.3. The standard InChI is InChI=1S/C23H18INO3S2/c1-3-28-21-17(24)11-14(12-19(21)27-2)13-20-22(26)25(23(29)30-20)18-10-6-8-15-7-4-5-9-16(15)18/h4-13H,3H2,1-2H3/b20-13-. The molecule has 0 aromatic heterocycles. The molecule has 3 aromatic carbocycles. The van der Waals surface area contributed by atoms with Crippen LogP contribution in [0.4, 0.5) is 5.69 Å². The van der Waals surface area contributed by atoms with Crippen molar-refractivity contribution in [1.82, 2.24) is 0 Å². The van der Waals surface area contributed by atoms with Gasteiger partial charge in [0.2, 0.25) is 0 Å². The van der Waals surface area contributed by atoms with Gasteiger partial charge in [0.05, 0.1) is 27.9 Å². The number of carbonyl (C=O) groups is 1. The first-order chi connectivity index (χ1) is 14.5. The van der Waals surface area contributed by atoms with Gasteiger partial charge >= 0.3 is 0 Å². The number of benzene rings is 3. The third-order valence-corrected chi connectivity index (χ3v) is 6.74. The molecule has 3 aromatic rings. The summed E-state index contributed by atoms with van der Waals surface area (Å²) >= 11 is 9.09. The minimum Gasteiger partial charge on any atom is -0.493 e. The molecule has 0 unspecified atom stereocenters. The van der Waals surface area contributed by atoms with E-state index in [0.29, 0.717) is 27.3 Å². The molecule has 1 saturated heterocycles. The van der Waals surface area contributed by atoms with Crippen LogP contribution in [-0.2, 0) is 4.79 Å². The molecule has 0 spiro atoms. The lowest BCUT2D eigenvalue weighted by Crippen LogP contribution is -2.27. The molecule has 0 atom stereocenters. The molecule has 152 valence electrons. The topological polar surface area (TPSA) is 38.8 Å². The van der Waals surface area contributed by atoms with Gasteiger partial charge in [-0.25, -0.2) is 0 Å². The third kappa shape index (κ3) is 3.93. The van der Waals surface area contributed by atoms with E-state index in [1.807, 2.05) is 67.6 Å². The lowest BCUT2D eigenvalue weighted by molar-refractivity contribution is -0.113. The Bertz CT molecular complexity index is 1190. The molecule has 1 amide bonds. The summed E-state index contributed by atoms with van der Waals surface area (Å²) < 4.78 is 12.6. The van der Waals surface area contributed by atoms with Gasteiger partial charge in [0.15, 0.2) is 15.8 Å². The predicted octanol–water partition coefficient (Wildman–Crippen LogP) is 6.26. The van der Waals surface area contributed by atoms with E-state index >= 15 is 0 Å². The van der Waals surface area contributed by atoms with E-state index in [0.717, 1.165) is 25.6 Å². The van der Waals surface area contributed by atoms with Crippen molar-refractivity contribution < 1.29 is 14.3 Å². The van der Waals surface area contributed by atoms with Crippen LogP contribution in [0.5, 0.6) is 11.5 Å². The van der Waals surface area contributed by atoms with Gasteiger partial charge in [0, 0.05) is 5.39 Å². The molecule has 0 N–H and O–H groups in total. The summed E-state index contributed by atoms with van der Waals surface area (Å²) in [6.07, 6.45) is 1.85. The van der Waals surface area contributed by atoms with Crippen molar-refractivity contribution >= 4 is 79.3 Å². The number of ether oxygens (including phenoxy) is 2. The molecule has 1 fully saturated rings. The molecule has 1 aliphatic heterocycles. The summed E-state index contributed by atoms with van der Waals surface area (Å²) in [6.45, 7) is 2.48. The van der Waals surface area contributed by atoms with Crippen molar-refractivity contribution in [2.75, 3.05) is 18.6 Å². The zero-order valence-electron chi connectivity index (χ0n) is 16.3. The average Bonchev–Trinajstić information content (AvgIpc) is 3.02. The summed E-state index contributed by atoms with van der Waals surface area (Å²) in [4.78, 5) is 15.5. The Morgan fingerprint density at radius 2 is 1.93 bits per heavy atom. The summed E-state index contributed by atoms with van der Waals surface area (Å²) in [5.41, 5.74) is 1.66. The van der Waals surface area contributed by atoms with Crippen LogP contribution in [0.15, 0.2) is 59.5 Å². The highest BCUT2D eigenvalue weighted by Gasteiger charge is 2.34. The van der Waals surface area contributed by atoms with Crippen molar-refractivity contribution in [2.24, 2.45) is 0 Å². The van der Waals surface area contributed by atoms with Crippen molar-refractivity contribution in [3.63, 3.8) is 0 Å². The van der Waals surface area contributed by atoms with Gasteiger partial charge in [-0.1, -0.05) is 60.4 Å². The maximum absolute atomic E-state index is 13.3. The summed E-state index contributed by atoms with van der Waals surface area (Å²) in [5.74, 6) is 1.23. The summed E-state index contributed by atoms with van der Waals surface area (Å²) in [7, 11) is 1.61. The van der Waals surface area contributed by atoms with E-state index in [9.17, 15) is 4.79 Å². The first-order valence-corrected chi connectivity index (χ1v) is 11.6. The van der Waals surface area contributed by atoms with Crippen molar-refractivity contribution in [2.45, 2.75) is 6.92 Å². The second-order valence-electron chi connectivity index (χ2n) is 6.48. The number of rotatable bonds is 5. The number of hydrogen-bond acceptors (Lipinski definition) is 5. The van der Waals surface area contributed by atoms with Crippen LogP contribution in [0.1, 0.15) is 12.5 Å². The van der Waals surface area contributed by atoms with Crippen LogP contribution < -0.4 is 14.4 Å². The van der Waals surface area contributed by atoms with Crippen LogP contribution in [0.25, 0.3) is 16.8 Å². The fourth-order valence-electron chi connectivity index (χ4n) is 3.34. The highest BCUT2D eigenvalue weighted by Crippen LogP contribution is 2.40. The maximum Gasteiger partial charge on any atom is 0.270 e. The quantitative estimate of drug-likeness (QED) is 0.214. The van der Waals surface area contributed by atoms with Crippen LogP contribution in [0, 0.1) is 3.57 Å². The first-order valence-electron chi connectivity index (χ1n) is 9.29. The number of thiocarbonyl (C=S) groups is 1. The van der Waals surface area contributed by atoms with Gasteiger partial charge in [-0.05, 0) is 64.7 Å². The van der Waals surface area contributed by atoms with E-state index in [1.54, 1.807) is 12.0 Å². The minimum absolute atomic E-state index is 0.121. The number of methoxy groups -OCH3 is 1. The Kier molecular flexibility index (Phi) is 6.31. The SMILES string of the molecule is CCOc1c(I)cc(/C=C2\SC(=S)N(c3cccc4ccccc34)C2=O)cc1OC. The van der Waals surface area contributed by atoms with Crippen LogP contribution in [0.3, 0.4) is 0 Å². The third-order valence-electron chi connectivity index (χ3n) is 4.64. The van der Waals surface area contributed by atoms with Gasteiger partial charge in [-0.2, -0.15) is 0 Å². The number of nitrogens with zero attached hydrogens (tertiary/aromatic N) is 1. The molecule has 1 aliphatic rings. The lowest BCUT2D eigenvalue weighted by Gasteiger charge is -2.17. The summed E-state index contributed by atoms with van der Waals surface area (Å²) in [5, 5.41) is 2.06. The van der Waals surface area contributed by atoms with Crippen LogP contribution in [0.2, 0.25) is 0 Å². The number of carbonyl (C=O) groups excluding carboxylic acids is 1. The Labute approximate surface area is 198 Å². The molecule has 0 bridgehead atoms. The number of hydrogen-bond donors (Lipinski definition) is 0. The second kappa shape index (κ2) is 8.95. The molecule has 0 radical (unpaired) electrons. The van der Waals surface area contributed by atoms with Gasteiger partial charge in [0.25, 0.3) is 5.91 Å². The van der Waals surface area contributed by atoms with E-state index in [4.69, 9.17) is 21.7 Å². The van der Waals surface area contributed by atoms with Gasteiger partial charge in [-0.15, -0.1) is 0 Å². The van der Waals surface area contributed by atoms with E-state index < -0.39 is 0 Å². The number of halogens is 1. The molecular weight excluding hydrogens is 529 g/mol. The number of anilines is 1. The maximum atomic E-state index is 13.3. The molecular formula is C23H18INO3S2. The van der Waals surface area contributed by atoms with E-state index in [2.05, 4.69) is 22.6 Å². The summed E-state index contributed by atoms with van der Waals surface area (Å²) in [6, 6.07) is 17.7. The minimum atomic E-state index is -0.121. The molecule has 0 aliphatic carbocycles.